The number of hydrogen-bond donors (Lipinski definition) is 6. The van der Waals surface area contributed by atoms with Gasteiger partial charge in [-0.05, 0) is 57.8 Å². The van der Waals surface area contributed by atoms with E-state index in [0.29, 0.717) is 13.0 Å². The van der Waals surface area contributed by atoms with Gasteiger partial charge in [0.05, 0.1) is 13.2 Å². The van der Waals surface area contributed by atoms with Crippen LogP contribution in [0.2, 0.25) is 0 Å². The third kappa shape index (κ3) is 32.7. The number of aliphatic hydroxyl groups is 5. The van der Waals surface area contributed by atoms with Gasteiger partial charge in [-0.15, -0.1) is 0 Å². The molecule has 0 aliphatic heterocycles. The maximum atomic E-state index is 12.8. The number of rotatable bonds is 42. The fraction of sp³-hybridized carbons (Fsp3) is 0.784. The molecule has 0 bridgehead atoms. The summed E-state index contributed by atoms with van der Waals surface area (Å²) < 4.78 is 34.2. The monoisotopic (exact) mass is 927 g/mol. The second-order valence-corrected chi connectivity index (χ2v) is 18.7. The molecule has 0 amide bonds. The van der Waals surface area contributed by atoms with Crippen LogP contribution in [0.3, 0.4) is 0 Å². The summed E-state index contributed by atoms with van der Waals surface area (Å²) in [4.78, 5) is 23.2. The van der Waals surface area contributed by atoms with Crippen molar-refractivity contribution in [3.05, 3.63) is 60.8 Å². The lowest BCUT2D eigenvalue weighted by Gasteiger charge is -2.41. The number of esters is 1. The zero-order valence-electron chi connectivity index (χ0n) is 39.8. The van der Waals surface area contributed by atoms with Crippen molar-refractivity contribution >= 4 is 13.8 Å². The summed E-state index contributed by atoms with van der Waals surface area (Å²) in [6.45, 7) is 4.13. The Kier molecular flexibility index (Phi) is 38.7. The van der Waals surface area contributed by atoms with Crippen molar-refractivity contribution in [2.45, 2.75) is 236 Å². The molecule has 1 saturated carbocycles. The van der Waals surface area contributed by atoms with Crippen LogP contribution in [0.4, 0.5) is 0 Å². The smallest absolute Gasteiger partial charge is 0.457 e. The Balaban J connectivity index is 2.39. The number of carbonyl (C=O) groups is 1. The minimum atomic E-state index is -5.03. The number of hydrogen-bond acceptors (Lipinski definition) is 11. The standard InChI is InChI=1S/C51H91O12P/c1-3-5-7-9-11-13-15-17-19-21-23-24-26-28-30-32-34-36-38-40-45(52)62-44(43-61-64(58,59)63-51-49(56)47(54)46(53)48(55)50(51)57)42-60-41-39-37-35-33-31-29-27-25-22-20-18-16-14-12-10-8-6-4-2/h5,7,11,13,17,19,23-24,28,30,44,46-51,53-57H,3-4,6,8-10,12,14-16,18,20-22,25-27,29,31-43H2,1-2H3,(H,58,59)/b7-5-,13-11-,19-17-,24-23-,30-28-. The van der Waals surface area contributed by atoms with E-state index < -0.39 is 63.1 Å². The van der Waals surface area contributed by atoms with Gasteiger partial charge in [0.25, 0.3) is 0 Å². The molecule has 0 aromatic rings. The van der Waals surface area contributed by atoms with Gasteiger partial charge in [-0.3, -0.25) is 13.8 Å². The van der Waals surface area contributed by atoms with E-state index in [1.165, 1.54) is 96.3 Å². The van der Waals surface area contributed by atoms with E-state index >= 15 is 0 Å². The third-order valence-electron chi connectivity index (χ3n) is 11.4. The molecule has 6 N–H and O–H groups in total. The highest BCUT2D eigenvalue weighted by atomic mass is 31.2. The van der Waals surface area contributed by atoms with Crippen LogP contribution < -0.4 is 0 Å². The molecule has 6 unspecified atom stereocenters. The minimum Gasteiger partial charge on any atom is -0.457 e. The number of ether oxygens (including phenoxy) is 2. The maximum absolute atomic E-state index is 12.8. The molecule has 0 saturated heterocycles. The molecular formula is C51H91O12P. The number of allylic oxidation sites excluding steroid dienone is 10. The Morgan fingerprint density at radius 2 is 0.922 bits per heavy atom. The number of carbonyl (C=O) groups excluding carboxylic acids is 1. The van der Waals surface area contributed by atoms with Crippen molar-refractivity contribution in [1.29, 1.82) is 0 Å². The molecule has 12 nitrogen and oxygen atoms in total. The van der Waals surface area contributed by atoms with Gasteiger partial charge >= 0.3 is 13.8 Å². The first kappa shape index (κ1) is 60.1. The Morgan fingerprint density at radius 1 is 0.516 bits per heavy atom. The third-order valence-corrected chi connectivity index (χ3v) is 12.4. The van der Waals surface area contributed by atoms with Gasteiger partial charge in [-0.2, -0.15) is 0 Å². The number of unbranched alkanes of at least 4 members (excludes halogenated alkanes) is 20. The Bertz CT molecular complexity index is 1290. The predicted molar refractivity (Wildman–Crippen MR) is 258 cm³/mol. The summed E-state index contributed by atoms with van der Waals surface area (Å²) in [6, 6.07) is 0. The predicted octanol–water partition coefficient (Wildman–Crippen LogP) is 11.0. The normalized spacial score (nSPS) is 22.2. The molecule has 0 radical (unpaired) electrons. The number of phosphoric ester groups is 1. The Hall–Kier alpha value is -1.96. The van der Waals surface area contributed by atoms with Gasteiger partial charge in [-0.25, -0.2) is 4.57 Å². The van der Waals surface area contributed by atoms with E-state index in [1.54, 1.807) is 0 Å². The molecule has 1 aliphatic rings. The zero-order valence-corrected chi connectivity index (χ0v) is 40.7. The first-order chi connectivity index (χ1) is 31.0. The molecule has 0 aromatic carbocycles. The molecular weight excluding hydrogens is 836 g/mol. The second-order valence-electron chi connectivity index (χ2n) is 17.3. The molecule has 1 rings (SSSR count). The van der Waals surface area contributed by atoms with Crippen molar-refractivity contribution in [2.75, 3.05) is 19.8 Å². The quantitative estimate of drug-likeness (QED) is 0.0147. The molecule has 6 atom stereocenters. The van der Waals surface area contributed by atoms with E-state index in [9.17, 15) is 39.8 Å². The van der Waals surface area contributed by atoms with E-state index in [0.717, 1.165) is 70.6 Å². The van der Waals surface area contributed by atoms with Gasteiger partial charge < -0.3 is 39.9 Å². The lowest BCUT2D eigenvalue weighted by Crippen LogP contribution is -2.64. The Morgan fingerprint density at radius 3 is 1.39 bits per heavy atom. The van der Waals surface area contributed by atoms with Crippen molar-refractivity contribution < 1.29 is 58.3 Å². The highest BCUT2D eigenvalue weighted by molar-refractivity contribution is 7.47. The highest BCUT2D eigenvalue weighted by Gasteiger charge is 2.51. The van der Waals surface area contributed by atoms with Crippen LogP contribution in [0, 0.1) is 0 Å². The van der Waals surface area contributed by atoms with Crippen LogP contribution in [0.1, 0.15) is 194 Å². The lowest BCUT2D eigenvalue weighted by molar-refractivity contribution is -0.220. The summed E-state index contributed by atoms with van der Waals surface area (Å²) in [5.41, 5.74) is 0. The molecule has 0 aromatic heterocycles. The summed E-state index contributed by atoms with van der Waals surface area (Å²) in [5.74, 6) is -0.507. The molecule has 0 spiro atoms. The zero-order chi connectivity index (χ0) is 46.9. The fourth-order valence-electron chi connectivity index (χ4n) is 7.44. The first-order valence-corrected chi connectivity index (χ1v) is 26.6. The van der Waals surface area contributed by atoms with Crippen LogP contribution in [-0.2, 0) is 27.9 Å². The van der Waals surface area contributed by atoms with E-state index in [-0.39, 0.29) is 13.0 Å². The average Bonchev–Trinajstić information content (AvgIpc) is 3.28. The fourth-order valence-corrected chi connectivity index (χ4v) is 8.41. The largest absolute Gasteiger partial charge is 0.472 e. The number of phosphoric acid groups is 1. The van der Waals surface area contributed by atoms with Crippen LogP contribution >= 0.6 is 7.82 Å². The van der Waals surface area contributed by atoms with Crippen LogP contribution in [0.25, 0.3) is 0 Å². The Labute approximate surface area is 387 Å². The summed E-state index contributed by atoms with van der Waals surface area (Å²) in [5, 5.41) is 50.3. The molecule has 1 fully saturated rings. The molecule has 64 heavy (non-hydrogen) atoms. The lowest BCUT2D eigenvalue weighted by atomic mass is 9.85. The molecule has 372 valence electrons. The topological polar surface area (TPSA) is 192 Å². The van der Waals surface area contributed by atoms with Crippen LogP contribution in [0.5, 0.6) is 0 Å². The molecule has 1 aliphatic carbocycles. The highest BCUT2D eigenvalue weighted by Crippen LogP contribution is 2.47. The summed E-state index contributed by atoms with van der Waals surface area (Å²) >= 11 is 0. The van der Waals surface area contributed by atoms with Crippen LogP contribution in [0.15, 0.2) is 60.8 Å². The van der Waals surface area contributed by atoms with Crippen molar-refractivity contribution in [2.24, 2.45) is 0 Å². The van der Waals surface area contributed by atoms with E-state index in [1.807, 2.05) is 0 Å². The average molecular weight is 927 g/mol. The minimum absolute atomic E-state index is 0.0902. The molecule has 0 heterocycles. The van der Waals surface area contributed by atoms with Crippen molar-refractivity contribution in [3.63, 3.8) is 0 Å². The second kappa shape index (κ2) is 41.2. The molecule has 13 heteroatoms. The summed E-state index contributed by atoms with van der Waals surface area (Å²) in [7, 11) is -5.03. The van der Waals surface area contributed by atoms with E-state index in [4.69, 9.17) is 18.5 Å². The van der Waals surface area contributed by atoms with Gasteiger partial charge in [0.1, 0.15) is 42.7 Å². The maximum Gasteiger partial charge on any atom is 0.472 e. The van der Waals surface area contributed by atoms with Crippen molar-refractivity contribution in [1.82, 2.24) is 0 Å². The van der Waals surface area contributed by atoms with E-state index in [2.05, 4.69) is 74.6 Å². The van der Waals surface area contributed by atoms with Gasteiger partial charge in [0.15, 0.2) is 0 Å². The van der Waals surface area contributed by atoms with Crippen molar-refractivity contribution in [3.8, 4) is 0 Å². The summed E-state index contributed by atoms with van der Waals surface area (Å²) in [6.07, 6.45) is 40.0. The first-order valence-electron chi connectivity index (χ1n) is 25.1. The van der Waals surface area contributed by atoms with Gasteiger partial charge in [0, 0.05) is 13.0 Å². The van der Waals surface area contributed by atoms with Gasteiger partial charge in [-0.1, -0.05) is 190 Å². The van der Waals surface area contributed by atoms with Crippen LogP contribution in [-0.4, -0.2) is 98.9 Å². The number of aliphatic hydroxyl groups excluding tert-OH is 5. The SMILES string of the molecule is CC/C=C\C/C=C\C/C=C\C/C=C\C/C=C\CCCCCC(=O)OC(COCCCCCCCCCCCCCCCCCCCC)COP(=O)(O)OC1C(O)C(O)C(O)C(O)C1O. The van der Waals surface area contributed by atoms with Gasteiger partial charge in [0.2, 0.25) is 0 Å².